The maximum atomic E-state index is 13.4. The Morgan fingerprint density at radius 3 is 2.17 bits per heavy atom. The van der Waals surface area contributed by atoms with Gasteiger partial charge in [0.2, 0.25) is 21.8 Å². The van der Waals surface area contributed by atoms with Gasteiger partial charge in [-0.2, -0.15) is 0 Å². The highest BCUT2D eigenvalue weighted by Gasteiger charge is 2.29. The third-order valence-electron chi connectivity index (χ3n) is 6.10. The number of sulfonamides is 1. The maximum Gasteiger partial charge on any atom is 0.243 e. The molecule has 2 rings (SSSR count). The van der Waals surface area contributed by atoms with Crippen LogP contribution in [0.25, 0.3) is 0 Å². The van der Waals surface area contributed by atoms with E-state index in [1.165, 1.54) is 4.31 Å². The Bertz CT molecular complexity index is 1070. The lowest BCUT2D eigenvalue weighted by atomic mass is 10.1. The molecule has 8 nitrogen and oxygen atoms in total. The monoisotopic (exact) mass is 517 g/mol. The lowest BCUT2D eigenvalue weighted by Gasteiger charge is -2.32. The first kappa shape index (κ1) is 29.2. The summed E-state index contributed by atoms with van der Waals surface area (Å²) in [6.45, 7) is 6.27. The highest BCUT2D eigenvalue weighted by Crippen LogP contribution is 2.22. The second-order valence-electron chi connectivity index (χ2n) is 8.89. The number of carbonyl (C=O) groups excluding carboxylic acids is 2. The van der Waals surface area contributed by atoms with Crippen LogP contribution in [0.2, 0.25) is 0 Å². The van der Waals surface area contributed by atoms with E-state index in [9.17, 15) is 18.0 Å². The normalized spacial score (nSPS) is 12.9. The first-order valence-corrected chi connectivity index (χ1v) is 14.2. The van der Waals surface area contributed by atoms with E-state index >= 15 is 0 Å². The highest BCUT2D eigenvalue weighted by atomic mass is 32.2. The lowest BCUT2D eigenvalue weighted by molar-refractivity contribution is -0.141. The molecule has 0 aliphatic rings. The molecule has 0 heterocycles. The van der Waals surface area contributed by atoms with Gasteiger partial charge >= 0.3 is 0 Å². The smallest absolute Gasteiger partial charge is 0.243 e. The van der Waals surface area contributed by atoms with Gasteiger partial charge in [-0.15, -0.1) is 0 Å². The van der Waals surface area contributed by atoms with Crippen molar-refractivity contribution < 1.29 is 22.7 Å². The van der Waals surface area contributed by atoms with Gasteiger partial charge in [-0.05, 0) is 56.0 Å². The zero-order chi connectivity index (χ0) is 26.7. The van der Waals surface area contributed by atoms with Gasteiger partial charge in [0.1, 0.15) is 11.8 Å². The van der Waals surface area contributed by atoms with Crippen molar-refractivity contribution in [2.24, 2.45) is 0 Å². The Morgan fingerprint density at radius 1 is 1.00 bits per heavy atom. The predicted octanol–water partition coefficient (Wildman–Crippen LogP) is 3.96. The minimum Gasteiger partial charge on any atom is -0.497 e. The van der Waals surface area contributed by atoms with E-state index in [0.29, 0.717) is 30.8 Å². The molecule has 2 aromatic rings. The van der Waals surface area contributed by atoms with Crippen molar-refractivity contribution in [2.75, 3.05) is 24.2 Å². The molecule has 0 saturated heterocycles. The fraction of sp³-hybridized carbons (Fsp3) is 0.481. The van der Waals surface area contributed by atoms with E-state index in [0.717, 1.165) is 18.2 Å². The average molecular weight is 518 g/mol. The zero-order valence-corrected chi connectivity index (χ0v) is 22.8. The summed E-state index contributed by atoms with van der Waals surface area (Å²) in [5, 5.41) is 3.00. The van der Waals surface area contributed by atoms with E-state index in [2.05, 4.69) is 5.32 Å². The Labute approximate surface area is 215 Å². The minimum atomic E-state index is -3.55. The van der Waals surface area contributed by atoms with Crippen molar-refractivity contribution >= 4 is 27.5 Å². The summed E-state index contributed by atoms with van der Waals surface area (Å²) in [6.07, 6.45) is 2.84. The number of amides is 2. The van der Waals surface area contributed by atoms with Crippen molar-refractivity contribution in [3.8, 4) is 5.75 Å². The molecule has 2 aromatic carbocycles. The molecule has 0 radical (unpaired) electrons. The number of hydrogen-bond acceptors (Lipinski definition) is 5. The lowest BCUT2D eigenvalue weighted by Crippen LogP contribution is -2.50. The molecule has 0 unspecified atom stereocenters. The summed E-state index contributed by atoms with van der Waals surface area (Å²) in [5.41, 5.74) is 1.43. The summed E-state index contributed by atoms with van der Waals surface area (Å²) in [4.78, 5) is 28.1. The van der Waals surface area contributed by atoms with Crippen LogP contribution in [0.1, 0.15) is 52.0 Å². The first-order valence-electron chi connectivity index (χ1n) is 12.4. The number of benzene rings is 2. The molecule has 36 heavy (non-hydrogen) atoms. The van der Waals surface area contributed by atoms with Crippen LogP contribution in [0.5, 0.6) is 5.75 Å². The van der Waals surface area contributed by atoms with Crippen molar-refractivity contribution in [3.05, 3.63) is 60.2 Å². The topological polar surface area (TPSA) is 96.0 Å². The van der Waals surface area contributed by atoms with E-state index in [1.54, 1.807) is 36.3 Å². The van der Waals surface area contributed by atoms with Crippen LogP contribution >= 0.6 is 0 Å². The van der Waals surface area contributed by atoms with E-state index in [4.69, 9.17) is 4.74 Å². The van der Waals surface area contributed by atoms with Crippen LogP contribution in [-0.4, -0.2) is 57.1 Å². The van der Waals surface area contributed by atoms with Crippen molar-refractivity contribution in [1.29, 1.82) is 0 Å². The number of nitrogens with one attached hydrogen (secondary N) is 1. The molecule has 0 bridgehead atoms. The fourth-order valence-electron chi connectivity index (χ4n) is 3.89. The van der Waals surface area contributed by atoms with Crippen LogP contribution in [0.4, 0.5) is 5.69 Å². The van der Waals surface area contributed by atoms with Gasteiger partial charge in [-0.3, -0.25) is 13.9 Å². The van der Waals surface area contributed by atoms with E-state index in [-0.39, 0.29) is 30.8 Å². The predicted molar refractivity (Wildman–Crippen MR) is 143 cm³/mol. The molecule has 0 fully saturated rings. The molecule has 0 aromatic heterocycles. The van der Waals surface area contributed by atoms with Crippen molar-refractivity contribution in [3.63, 3.8) is 0 Å². The molecule has 2 amide bonds. The van der Waals surface area contributed by atoms with Crippen LogP contribution in [0.3, 0.4) is 0 Å². The summed E-state index contributed by atoms with van der Waals surface area (Å²) in [5.74, 6) is 0.264. The van der Waals surface area contributed by atoms with Gasteiger partial charge < -0.3 is 15.0 Å². The zero-order valence-electron chi connectivity index (χ0n) is 21.9. The van der Waals surface area contributed by atoms with Crippen LogP contribution in [0.15, 0.2) is 54.6 Å². The van der Waals surface area contributed by atoms with Crippen molar-refractivity contribution in [1.82, 2.24) is 10.2 Å². The molecule has 2 atom stereocenters. The Balaban J connectivity index is 2.18. The second-order valence-corrected chi connectivity index (χ2v) is 10.8. The SMILES string of the molecule is CC[C@H](C)NC(=O)[C@H](CC)N(Cc1ccccc1)C(=O)CCCN(c1ccc(OC)cc1)S(C)(=O)=O. The van der Waals surface area contributed by atoms with Crippen LogP contribution in [-0.2, 0) is 26.2 Å². The summed E-state index contributed by atoms with van der Waals surface area (Å²) < 4.78 is 31.4. The van der Waals surface area contributed by atoms with Gasteiger partial charge in [0, 0.05) is 25.6 Å². The Morgan fingerprint density at radius 2 is 1.64 bits per heavy atom. The summed E-state index contributed by atoms with van der Waals surface area (Å²) >= 11 is 0. The minimum absolute atomic E-state index is 0.00745. The van der Waals surface area contributed by atoms with E-state index in [1.807, 2.05) is 51.1 Å². The van der Waals surface area contributed by atoms with Gasteiger partial charge in [0.15, 0.2) is 0 Å². The number of nitrogens with zero attached hydrogens (tertiary/aromatic N) is 2. The molecule has 0 spiro atoms. The average Bonchev–Trinajstić information content (AvgIpc) is 2.86. The number of rotatable bonds is 14. The van der Waals surface area contributed by atoms with Crippen LogP contribution in [0, 0.1) is 0 Å². The molecular formula is C27H39N3O5S. The van der Waals surface area contributed by atoms with Gasteiger partial charge in [0.25, 0.3) is 0 Å². The van der Waals surface area contributed by atoms with Gasteiger partial charge in [0.05, 0.1) is 19.1 Å². The molecule has 0 aliphatic carbocycles. The summed E-state index contributed by atoms with van der Waals surface area (Å²) in [6, 6.07) is 15.7. The molecule has 0 aliphatic heterocycles. The Hall–Kier alpha value is -3.07. The number of carbonyl (C=O) groups is 2. The number of ether oxygens (including phenoxy) is 1. The maximum absolute atomic E-state index is 13.4. The van der Waals surface area contributed by atoms with Crippen molar-refractivity contribution in [2.45, 2.75) is 65.1 Å². The third kappa shape index (κ3) is 8.55. The van der Waals surface area contributed by atoms with E-state index < -0.39 is 16.1 Å². The number of hydrogen-bond donors (Lipinski definition) is 1. The largest absolute Gasteiger partial charge is 0.497 e. The fourth-order valence-corrected chi connectivity index (χ4v) is 4.86. The molecular weight excluding hydrogens is 478 g/mol. The van der Waals surface area contributed by atoms with Gasteiger partial charge in [-0.1, -0.05) is 44.2 Å². The number of methoxy groups -OCH3 is 1. The second kappa shape index (κ2) is 13.9. The van der Waals surface area contributed by atoms with Gasteiger partial charge in [-0.25, -0.2) is 8.42 Å². The summed E-state index contributed by atoms with van der Waals surface area (Å²) in [7, 11) is -2.01. The molecule has 1 N–H and O–H groups in total. The first-order chi connectivity index (χ1) is 17.1. The van der Waals surface area contributed by atoms with Crippen LogP contribution < -0.4 is 14.4 Å². The molecule has 9 heteroatoms. The standard InChI is InChI=1S/C27H39N3O5S/c1-6-21(3)28-27(32)25(7-2)29(20-22-12-9-8-10-13-22)26(31)14-11-19-30(36(5,33)34)23-15-17-24(35-4)18-16-23/h8-10,12-13,15-18,21,25H,6-7,11,14,19-20H2,1-5H3,(H,28,32)/t21-,25-/m0/s1. The molecule has 198 valence electrons. The molecule has 0 saturated carbocycles. The quantitative estimate of drug-likeness (QED) is 0.409. The number of anilines is 1. The Kier molecular flexibility index (Phi) is 11.2. The highest BCUT2D eigenvalue weighted by molar-refractivity contribution is 7.92. The third-order valence-corrected chi connectivity index (χ3v) is 7.29.